The molecule has 0 aliphatic rings. The molecule has 0 heterocycles. The molecule has 0 aromatic heterocycles. The molecule has 0 bridgehead atoms. The van der Waals surface area contributed by atoms with Gasteiger partial charge in [-0.3, -0.25) is 9.36 Å². The molecule has 9 heteroatoms. The van der Waals surface area contributed by atoms with Crippen LogP contribution in [0.3, 0.4) is 0 Å². The molecule has 3 unspecified atom stereocenters. The van der Waals surface area contributed by atoms with Gasteiger partial charge in [0.2, 0.25) is 5.91 Å². The van der Waals surface area contributed by atoms with Gasteiger partial charge < -0.3 is 28.8 Å². The Morgan fingerprint density at radius 3 is 1.58 bits per heavy atom. The molecule has 324 valence electrons. The number of hydrogen-bond acceptors (Lipinski definition) is 6. The first-order chi connectivity index (χ1) is 26.5. The number of phosphoric ester groups is 1. The van der Waals surface area contributed by atoms with Gasteiger partial charge in [0.25, 0.3) is 7.82 Å². The molecule has 0 aromatic rings. The number of nitrogens with one attached hydrogen (secondary N) is 1. The van der Waals surface area contributed by atoms with Crippen LogP contribution in [0.25, 0.3) is 0 Å². The normalized spacial score (nSPS) is 14.7. The van der Waals surface area contributed by atoms with Crippen molar-refractivity contribution < 1.29 is 32.9 Å². The maximum atomic E-state index is 12.8. The molecule has 8 nitrogen and oxygen atoms in total. The van der Waals surface area contributed by atoms with E-state index < -0.39 is 20.0 Å². The van der Waals surface area contributed by atoms with Gasteiger partial charge in [-0.25, -0.2) is 0 Å². The summed E-state index contributed by atoms with van der Waals surface area (Å²) in [5.74, 6) is -0.213. The minimum absolute atomic E-state index is 0.00413. The standard InChI is InChI=1S/C46H89N2O6P/c1-6-8-10-12-14-16-18-20-21-22-23-24-25-26-28-29-31-33-35-37-39-45(49)44(43-54-55(51,52)53-42-41-48(3,4)5)47-46(50)40-38-36-34-32-30-27-19-17-15-13-11-9-7-2/h11,13,17,19,37,39,44-45,49H,6-10,12,14-16,18,20-36,38,40-43H2,1-5H3,(H-,47,50,51,52)/b13-11-,19-17-,39-37+. The van der Waals surface area contributed by atoms with E-state index in [1.165, 1.54) is 109 Å². The Kier molecular flexibility index (Phi) is 37.4. The van der Waals surface area contributed by atoms with Gasteiger partial charge in [0, 0.05) is 6.42 Å². The fraction of sp³-hybridized carbons (Fsp3) is 0.848. The molecule has 0 aliphatic heterocycles. The molecule has 0 fully saturated rings. The first-order valence-corrected chi connectivity index (χ1v) is 24.3. The predicted octanol–water partition coefficient (Wildman–Crippen LogP) is 12.1. The third-order valence-electron chi connectivity index (χ3n) is 10.1. The van der Waals surface area contributed by atoms with Crippen molar-refractivity contribution in [1.82, 2.24) is 5.32 Å². The van der Waals surface area contributed by atoms with Crippen LogP contribution in [0.15, 0.2) is 36.5 Å². The van der Waals surface area contributed by atoms with Crippen molar-refractivity contribution in [3.8, 4) is 0 Å². The summed E-state index contributed by atoms with van der Waals surface area (Å²) in [6, 6.07) is -0.892. The molecule has 0 aliphatic carbocycles. The Bertz CT molecular complexity index is 995. The summed E-state index contributed by atoms with van der Waals surface area (Å²) in [6.45, 7) is 4.57. The van der Waals surface area contributed by atoms with Crippen LogP contribution in [0, 0.1) is 0 Å². The predicted molar refractivity (Wildman–Crippen MR) is 233 cm³/mol. The van der Waals surface area contributed by atoms with E-state index in [0.717, 1.165) is 70.6 Å². The summed E-state index contributed by atoms with van der Waals surface area (Å²) in [6.07, 6.45) is 46.2. The Morgan fingerprint density at radius 1 is 0.636 bits per heavy atom. The van der Waals surface area contributed by atoms with Crippen LogP contribution < -0.4 is 10.2 Å². The minimum Gasteiger partial charge on any atom is -0.756 e. The number of likely N-dealkylation sites (N-methyl/N-ethyl adjacent to an activating group) is 1. The minimum atomic E-state index is -4.59. The molecule has 0 saturated heterocycles. The Hall–Kier alpha value is -1.28. The number of hydrogen-bond donors (Lipinski definition) is 2. The van der Waals surface area contributed by atoms with Gasteiger partial charge in [0.1, 0.15) is 13.2 Å². The fourth-order valence-corrected chi connectivity index (χ4v) is 7.15. The molecule has 0 radical (unpaired) electrons. The average molecular weight is 797 g/mol. The lowest BCUT2D eigenvalue weighted by molar-refractivity contribution is -0.870. The SMILES string of the molecule is CCC/C=C\C/C=C\CCCCCCCC(=O)NC(COP(=O)([O-])OCC[N+](C)(C)C)C(O)/C=C/CCCCCCCCCCCCCCCCCCCC. The highest BCUT2D eigenvalue weighted by Crippen LogP contribution is 2.38. The van der Waals surface area contributed by atoms with E-state index in [4.69, 9.17) is 9.05 Å². The molecule has 3 atom stereocenters. The van der Waals surface area contributed by atoms with E-state index >= 15 is 0 Å². The lowest BCUT2D eigenvalue weighted by Gasteiger charge is -2.29. The number of unbranched alkanes of at least 4 members (excludes halogenated alkanes) is 24. The van der Waals surface area contributed by atoms with E-state index in [1.807, 2.05) is 27.2 Å². The van der Waals surface area contributed by atoms with E-state index in [1.54, 1.807) is 6.08 Å². The second-order valence-corrected chi connectivity index (χ2v) is 18.2. The summed E-state index contributed by atoms with van der Waals surface area (Å²) in [5.41, 5.74) is 0. The second-order valence-electron chi connectivity index (χ2n) is 16.8. The van der Waals surface area contributed by atoms with Gasteiger partial charge in [0.05, 0.1) is 39.9 Å². The molecule has 0 saturated carbocycles. The first-order valence-electron chi connectivity index (χ1n) is 22.9. The Labute approximate surface area is 340 Å². The molecule has 0 spiro atoms. The smallest absolute Gasteiger partial charge is 0.268 e. The van der Waals surface area contributed by atoms with Gasteiger partial charge in [-0.05, 0) is 44.9 Å². The van der Waals surface area contributed by atoms with Gasteiger partial charge in [0.15, 0.2) is 0 Å². The first kappa shape index (κ1) is 53.7. The zero-order valence-corrected chi connectivity index (χ0v) is 37.5. The quantitative estimate of drug-likeness (QED) is 0.0276. The molecule has 2 N–H and O–H groups in total. The maximum Gasteiger partial charge on any atom is 0.268 e. The zero-order valence-electron chi connectivity index (χ0n) is 36.6. The summed E-state index contributed by atoms with van der Waals surface area (Å²) >= 11 is 0. The number of aliphatic hydroxyl groups excluding tert-OH is 1. The number of aliphatic hydroxyl groups is 1. The molecular weight excluding hydrogens is 707 g/mol. The second kappa shape index (κ2) is 38.2. The number of nitrogens with zero attached hydrogens (tertiary/aromatic N) is 1. The number of carbonyl (C=O) groups is 1. The van der Waals surface area contributed by atoms with Crippen molar-refractivity contribution in [3.05, 3.63) is 36.5 Å². The van der Waals surface area contributed by atoms with Crippen LogP contribution in [0.1, 0.15) is 200 Å². The number of allylic oxidation sites excluding steroid dienone is 5. The Morgan fingerprint density at radius 2 is 1.09 bits per heavy atom. The van der Waals surface area contributed by atoms with Gasteiger partial charge in [-0.2, -0.15) is 0 Å². The highest BCUT2D eigenvalue weighted by molar-refractivity contribution is 7.45. The number of amides is 1. The van der Waals surface area contributed by atoms with Crippen LogP contribution in [0.4, 0.5) is 0 Å². The van der Waals surface area contributed by atoms with Crippen molar-refractivity contribution in [2.45, 2.75) is 212 Å². The van der Waals surface area contributed by atoms with Crippen LogP contribution in [-0.2, 0) is 18.4 Å². The van der Waals surface area contributed by atoms with Gasteiger partial charge in [-0.1, -0.05) is 185 Å². The van der Waals surface area contributed by atoms with E-state index in [-0.39, 0.29) is 19.1 Å². The highest BCUT2D eigenvalue weighted by atomic mass is 31.2. The summed E-state index contributed by atoms with van der Waals surface area (Å²) < 4.78 is 23.2. The van der Waals surface area contributed by atoms with Crippen molar-refractivity contribution >= 4 is 13.7 Å². The highest BCUT2D eigenvalue weighted by Gasteiger charge is 2.23. The summed E-state index contributed by atoms with van der Waals surface area (Å²) in [5, 5.41) is 13.8. The summed E-state index contributed by atoms with van der Waals surface area (Å²) in [7, 11) is 1.25. The van der Waals surface area contributed by atoms with Crippen molar-refractivity contribution in [1.29, 1.82) is 0 Å². The van der Waals surface area contributed by atoms with Crippen LogP contribution in [0.2, 0.25) is 0 Å². The van der Waals surface area contributed by atoms with E-state index in [9.17, 15) is 19.4 Å². The molecule has 1 amide bonds. The number of carbonyl (C=O) groups excluding carboxylic acids is 1. The van der Waals surface area contributed by atoms with Crippen molar-refractivity contribution in [2.75, 3.05) is 40.9 Å². The average Bonchev–Trinajstić information content (AvgIpc) is 3.13. The van der Waals surface area contributed by atoms with Crippen molar-refractivity contribution in [2.24, 2.45) is 0 Å². The third-order valence-corrected chi connectivity index (χ3v) is 11.0. The third kappa shape index (κ3) is 40.7. The van der Waals surface area contributed by atoms with E-state index in [0.29, 0.717) is 17.4 Å². The lowest BCUT2D eigenvalue weighted by atomic mass is 10.0. The van der Waals surface area contributed by atoms with Gasteiger partial charge in [-0.15, -0.1) is 0 Å². The fourth-order valence-electron chi connectivity index (χ4n) is 6.43. The van der Waals surface area contributed by atoms with Crippen LogP contribution >= 0.6 is 7.82 Å². The number of phosphoric acid groups is 1. The maximum absolute atomic E-state index is 12.8. The van der Waals surface area contributed by atoms with Gasteiger partial charge >= 0.3 is 0 Å². The van der Waals surface area contributed by atoms with Crippen LogP contribution in [-0.4, -0.2) is 68.5 Å². The topological polar surface area (TPSA) is 108 Å². The number of quaternary nitrogens is 1. The molecule has 0 rings (SSSR count). The zero-order chi connectivity index (χ0) is 40.7. The monoisotopic (exact) mass is 797 g/mol. The molecular formula is C46H89N2O6P. The largest absolute Gasteiger partial charge is 0.756 e. The van der Waals surface area contributed by atoms with Crippen LogP contribution in [0.5, 0.6) is 0 Å². The molecule has 55 heavy (non-hydrogen) atoms. The lowest BCUT2D eigenvalue weighted by Crippen LogP contribution is -2.45. The summed E-state index contributed by atoms with van der Waals surface area (Å²) in [4.78, 5) is 25.3. The number of rotatable bonds is 41. The molecule has 0 aromatic carbocycles. The van der Waals surface area contributed by atoms with Crippen molar-refractivity contribution in [3.63, 3.8) is 0 Å². The Balaban J connectivity index is 4.38. The van der Waals surface area contributed by atoms with E-state index in [2.05, 4.69) is 43.5 Å².